The number of rotatable bonds is 6. The number of hydrogen-bond acceptors (Lipinski definition) is 5. The zero-order chi connectivity index (χ0) is 13.7. The first-order chi connectivity index (χ1) is 9.17. The van der Waals surface area contributed by atoms with Crippen molar-refractivity contribution >= 4 is 5.69 Å². The van der Waals surface area contributed by atoms with Crippen molar-refractivity contribution in [3.05, 3.63) is 30.1 Å². The number of tetrazole rings is 1. The van der Waals surface area contributed by atoms with Gasteiger partial charge in [0.05, 0.1) is 19.7 Å². The second kappa shape index (κ2) is 6.17. The van der Waals surface area contributed by atoms with Gasteiger partial charge >= 0.3 is 0 Å². The Bertz CT molecular complexity index is 525. The van der Waals surface area contributed by atoms with Gasteiger partial charge in [-0.05, 0) is 30.7 Å². The number of aryl methyl sites for hydroxylation is 1. The quantitative estimate of drug-likeness (QED) is 0.861. The normalized spacial score (nSPS) is 12.2. The fraction of sp³-hybridized carbons (Fsp3) is 0.462. The maximum Gasteiger partial charge on any atom is 0.193 e. The minimum absolute atomic E-state index is 0.219. The smallest absolute Gasteiger partial charge is 0.193 e. The van der Waals surface area contributed by atoms with Crippen molar-refractivity contribution in [1.82, 2.24) is 20.2 Å². The zero-order valence-corrected chi connectivity index (χ0v) is 11.5. The SMILES string of the molecule is CCC(C)Oc1cccc(NCc2nnn(C)n2)c1. The van der Waals surface area contributed by atoms with Crippen LogP contribution in [0.2, 0.25) is 0 Å². The molecule has 102 valence electrons. The predicted molar refractivity (Wildman–Crippen MR) is 72.9 cm³/mol. The molecule has 0 aliphatic heterocycles. The lowest BCUT2D eigenvalue weighted by Crippen LogP contribution is -2.10. The highest BCUT2D eigenvalue weighted by Gasteiger charge is 2.03. The van der Waals surface area contributed by atoms with Crippen LogP contribution in [0.3, 0.4) is 0 Å². The highest BCUT2D eigenvalue weighted by atomic mass is 16.5. The average molecular weight is 261 g/mol. The maximum absolute atomic E-state index is 5.77. The summed E-state index contributed by atoms with van der Waals surface area (Å²) < 4.78 is 5.77. The Morgan fingerprint density at radius 2 is 2.26 bits per heavy atom. The molecule has 1 heterocycles. The van der Waals surface area contributed by atoms with Gasteiger partial charge in [0.25, 0.3) is 0 Å². The highest BCUT2D eigenvalue weighted by molar-refractivity contribution is 5.48. The Balaban J connectivity index is 1.95. The van der Waals surface area contributed by atoms with Crippen molar-refractivity contribution < 1.29 is 4.74 Å². The predicted octanol–water partition coefficient (Wildman–Crippen LogP) is 2.00. The number of benzene rings is 1. The maximum atomic E-state index is 5.77. The number of anilines is 1. The van der Waals surface area contributed by atoms with E-state index in [4.69, 9.17) is 4.74 Å². The summed E-state index contributed by atoms with van der Waals surface area (Å²) in [7, 11) is 1.75. The van der Waals surface area contributed by atoms with Gasteiger partial charge < -0.3 is 10.1 Å². The summed E-state index contributed by atoms with van der Waals surface area (Å²) in [6.07, 6.45) is 1.21. The fourth-order valence-electron chi connectivity index (χ4n) is 1.57. The van der Waals surface area contributed by atoms with Crippen molar-refractivity contribution in [2.45, 2.75) is 32.9 Å². The minimum Gasteiger partial charge on any atom is -0.491 e. The highest BCUT2D eigenvalue weighted by Crippen LogP contribution is 2.19. The average Bonchev–Trinajstić information content (AvgIpc) is 2.82. The zero-order valence-electron chi connectivity index (χ0n) is 11.5. The number of nitrogens with one attached hydrogen (secondary N) is 1. The molecule has 0 bridgehead atoms. The Kier molecular flexibility index (Phi) is 4.33. The molecule has 0 fully saturated rings. The number of aromatic nitrogens is 4. The summed E-state index contributed by atoms with van der Waals surface area (Å²) in [6, 6.07) is 7.88. The minimum atomic E-state index is 0.219. The van der Waals surface area contributed by atoms with Crippen molar-refractivity contribution in [2.75, 3.05) is 5.32 Å². The van der Waals surface area contributed by atoms with Crippen LogP contribution in [0.4, 0.5) is 5.69 Å². The molecule has 0 radical (unpaired) electrons. The van der Waals surface area contributed by atoms with E-state index in [0.29, 0.717) is 12.4 Å². The molecule has 0 saturated heterocycles. The number of ether oxygens (including phenoxy) is 1. The van der Waals surface area contributed by atoms with Gasteiger partial charge in [0.15, 0.2) is 5.82 Å². The first-order valence-corrected chi connectivity index (χ1v) is 6.41. The van der Waals surface area contributed by atoms with Crippen LogP contribution in [-0.4, -0.2) is 26.3 Å². The molecule has 2 rings (SSSR count). The van der Waals surface area contributed by atoms with Gasteiger partial charge in [-0.3, -0.25) is 0 Å². The standard InChI is InChI=1S/C13H19N5O/c1-4-10(2)19-12-7-5-6-11(8-12)14-9-13-15-17-18(3)16-13/h5-8,10,14H,4,9H2,1-3H3. The molecule has 6 nitrogen and oxygen atoms in total. The summed E-state index contributed by atoms with van der Waals surface area (Å²) in [5.41, 5.74) is 0.980. The third-order valence-electron chi connectivity index (χ3n) is 2.75. The van der Waals surface area contributed by atoms with Gasteiger partial charge in [-0.25, -0.2) is 0 Å². The molecule has 1 unspecified atom stereocenters. The third kappa shape index (κ3) is 3.94. The first kappa shape index (κ1) is 13.3. The molecule has 1 atom stereocenters. The Morgan fingerprint density at radius 1 is 1.42 bits per heavy atom. The summed E-state index contributed by atoms with van der Waals surface area (Å²) in [4.78, 5) is 1.44. The summed E-state index contributed by atoms with van der Waals surface area (Å²) in [6.45, 7) is 4.71. The molecular formula is C13H19N5O. The monoisotopic (exact) mass is 261 g/mol. The number of hydrogen-bond donors (Lipinski definition) is 1. The lowest BCUT2D eigenvalue weighted by atomic mass is 10.2. The topological polar surface area (TPSA) is 64.9 Å². The lowest BCUT2D eigenvalue weighted by molar-refractivity contribution is 0.217. The first-order valence-electron chi connectivity index (χ1n) is 6.41. The van der Waals surface area contributed by atoms with Crippen LogP contribution in [0.1, 0.15) is 26.1 Å². The van der Waals surface area contributed by atoms with Crippen LogP contribution >= 0.6 is 0 Å². The van der Waals surface area contributed by atoms with Crippen LogP contribution in [0.15, 0.2) is 24.3 Å². The molecule has 2 aromatic rings. The molecule has 0 amide bonds. The van der Waals surface area contributed by atoms with Crippen LogP contribution < -0.4 is 10.1 Å². The van der Waals surface area contributed by atoms with Crippen LogP contribution in [0, 0.1) is 0 Å². The van der Waals surface area contributed by atoms with Gasteiger partial charge in [-0.2, -0.15) is 4.80 Å². The van der Waals surface area contributed by atoms with E-state index in [-0.39, 0.29) is 6.10 Å². The second-order valence-corrected chi connectivity index (χ2v) is 4.41. The van der Waals surface area contributed by atoms with Crippen molar-refractivity contribution in [3.63, 3.8) is 0 Å². The summed E-state index contributed by atoms with van der Waals surface area (Å²) in [5, 5.41) is 15.1. The van der Waals surface area contributed by atoms with Crippen LogP contribution in [0.5, 0.6) is 5.75 Å². The second-order valence-electron chi connectivity index (χ2n) is 4.41. The van der Waals surface area contributed by atoms with E-state index in [1.807, 2.05) is 24.3 Å². The molecule has 1 aromatic heterocycles. The summed E-state index contributed by atoms with van der Waals surface area (Å²) in [5.74, 6) is 1.53. The summed E-state index contributed by atoms with van der Waals surface area (Å²) >= 11 is 0. The van der Waals surface area contributed by atoms with E-state index in [1.54, 1.807) is 7.05 Å². The van der Waals surface area contributed by atoms with Gasteiger partial charge in [-0.1, -0.05) is 13.0 Å². The Labute approximate surface area is 112 Å². The van der Waals surface area contributed by atoms with Crippen LogP contribution in [-0.2, 0) is 13.6 Å². The van der Waals surface area contributed by atoms with E-state index in [1.165, 1.54) is 4.80 Å². The largest absolute Gasteiger partial charge is 0.491 e. The van der Waals surface area contributed by atoms with E-state index in [9.17, 15) is 0 Å². The van der Waals surface area contributed by atoms with E-state index < -0.39 is 0 Å². The molecule has 0 saturated carbocycles. The number of nitrogens with zero attached hydrogens (tertiary/aromatic N) is 4. The van der Waals surface area contributed by atoms with Gasteiger partial charge in [0.2, 0.25) is 0 Å². The molecule has 0 aliphatic rings. The van der Waals surface area contributed by atoms with Gasteiger partial charge in [0.1, 0.15) is 5.75 Å². The lowest BCUT2D eigenvalue weighted by Gasteiger charge is -2.13. The van der Waals surface area contributed by atoms with E-state index in [0.717, 1.165) is 17.9 Å². The van der Waals surface area contributed by atoms with Crippen molar-refractivity contribution in [3.8, 4) is 5.75 Å². The molecular weight excluding hydrogens is 242 g/mol. The van der Waals surface area contributed by atoms with Crippen molar-refractivity contribution in [2.24, 2.45) is 7.05 Å². The molecule has 0 aliphatic carbocycles. The van der Waals surface area contributed by atoms with Gasteiger partial charge in [-0.15, -0.1) is 10.2 Å². The third-order valence-corrected chi connectivity index (χ3v) is 2.75. The van der Waals surface area contributed by atoms with Crippen molar-refractivity contribution in [1.29, 1.82) is 0 Å². The molecule has 6 heteroatoms. The Morgan fingerprint density at radius 3 is 2.95 bits per heavy atom. The molecule has 1 aromatic carbocycles. The molecule has 1 N–H and O–H groups in total. The molecule has 19 heavy (non-hydrogen) atoms. The molecule has 0 spiro atoms. The van der Waals surface area contributed by atoms with E-state index >= 15 is 0 Å². The van der Waals surface area contributed by atoms with Gasteiger partial charge in [0, 0.05) is 11.8 Å². The van der Waals surface area contributed by atoms with Crippen LogP contribution in [0.25, 0.3) is 0 Å². The Hall–Kier alpha value is -2.11. The van der Waals surface area contributed by atoms with E-state index in [2.05, 4.69) is 34.6 Å². The fourth-order valence-corrected chi connectivity index (χ4v) is 1.57.